The summed E-state index contributed by atoms with van der Waals surface area (Å²) in [6.07, 6.45) is 31.1. The Bertz CT molecular complexity index is 821. The van der Waals surface area contributed by atoms with Crippen molar-refractivity contribution in [1.29, 1.82) is 0 Å². The molecule has 0 saturated carbocycles. The molecule has 0 N–H and O–H groups in total. The first-order chi connectivity index (χ1) is 20.3. The van der Waals surface area contributed by atoms with Gasteiger partial charge in [-0.2, -0.15) is 0 Å². The number of nitrogens with zero attached hydrogens (tertiary/aromatic N) is 4. The molecule has 2 aromatic rings. The Morgan fingerprint density at radius 2 is 1.22 bits per heavy atom. The predicted molar refractivity (Wildman–Crippen MR) is 164 cm³/mol. The third-order valence-corrected chi connectivity index (χ3v) is 7.25. The zero-order valence-electron chi connectivity index (χ0n) is 26.2. The normalized spacial score (nSPS) is 12.1. The number of aromatic nitrogens is 4. The van der Waals surface area contributed by atoms with Crippen LogP contribution in [-0.4, -0.2) is 60.3 Å². The Balaban J connectivity index is 1.42. The summed E-state index contributed by atoms with van der Waals surface area (Å²) in [6, 6.07) is 2.13. The molecule has 2 rings (SSSR count). The van der Waals surface area contributed by atoms with Crippen LogP contribution in [0.5, 0.6) is 6.01 Å². The third kappa shape index (κ3) is 20.5. The molecule has 0 radical (unpaired) electrons. The first kappa shape index (κ1) is 35.2. The molecule has 1 atom stereocenters. The van der Waals surface area contributed by atoms with Crippen molar-refractivity contribution in [3.8, 4) is 6.01 Å². The van der Waals surface area contributed by atoms with Crippen LogP contribution in [0.15, 0.2) is 37.2 Å². The monoisotopic (exact) mass is 575 g/mol. The molecule has 0 spiro atoms. The maximum atomic E-state index is 5.94. The molecule has 0 aliphatic rings. The molecule has 2 aromatic heterocycles. The summed E-state index contributed by atoms with van der Waals surface area (Å²) in [5, 5.41) is 0. The minimum atomic E-state index is -0.252. The smallest absolute Gasteiger partial charge is 0.316 e. The maximum absolute atomic E-state index is 5.94. The average Bonchev–Trinajstić information content (AvgIpc) is 3.41. The van der Waals surface area contributed by atoms with E-state index >= 15 is 0 Å². The lowest BCUT2D eigenvalue weighted by atomic mass is 10.0. The lowest BCUT2D eigenvalue weighted by molar-refractivity contribution is -0.671. The minimum Gasteiger partial charge on any atom is -0.455 e. The van der Waals surface area contributed by atoms with Gasteiger partial charge in [-0.1, -0.05) is 103 Å². The van der Waals surface area contributed by atoms with Gasteiger partial charge in [0.05, 0.1) is 40.1 Å². The zero-order valence-corrected chi connectivity index (χ0v) is 26.2. The summed E-state index contributed by atoms with van der Waals surface area (Å²) in [5.74, 6) is 0. The highest BCUT2D eigenvalue weighted by Gasteiger charge is 2.13. The van der Waals surface area contributed by atoms with Crippen molar-refractivity contribution in [2.24, 2.45) is 7.05 Å². The molecule has 234 valence electrons. The fourth-order valence-electron chi connectivity index (χ4n) is 4.82. The van der Waals surface area contributed by atoms with Crippen molar-refractivity contribution in [1.82, 2.24) is 14.5 Å². The van der Waals surface area contributed by atoms with E-state index in [2.05, 4.69) is 21.5 Å². The molecule has 0 aromatic carbocycles. The van der Waals surface area contributed by atoms with Crippen LogP contribution in [0.25, 0.3) is 0 Å². The molecular formula is C33H59N4O4+. The van der Waals surface area contributed by atoms with Gasteiger partial charge >= 0.3 is 6.01 Å². The topological polar surface area (TPSA) is 71.5 Å². The summed E-state index contributed by atoms with van der Waals surface area (Å²) in [5.41, 5.74) is 0. The van der Waals surface area contributed by atoms with Crippen molar-refractivity contribution >= 4 is 0 Å². The van der Waals surface area contributed by atoms with E-state index in [1.54, 1.807) is 18.5 Å². The van der Waals surface area contributed by atoms with Gasteiger partial charge in [-0.15, -0.1) is 0 Å². The standard InChI is InChI=1S/C33H59N4O4/c1-3-4-5-6-7-8-9-10-11-12-13-14-15-16-17-18-25-39-29-32(41-33-34-20-19-21-35-33)30-40-28-27-38-26-24-37-23-22-36(2)31-37/h19-23,31-32H,3-18,24-30H2,1-2H3/q+1. The van der Waals surface area contributed by atoms with Crippen molar-refractivity contribution in [3.63, 3.8) is 0 Å². The quantitative estimate of drug-likeness (QED) is 0.0779. The summed E-state index contributed by atoms with van der Waals surface area (Å²) in [7, 11) is 2.01. The zero-order chi connectivity index (χ0) is 29.1. The van der Waals surface area contributed by atoms with Crippen molar-refractivity contribution in [2.45, 2.75) is 122 Å². The summed E-state index contributed by atoms with van der Waals surface area (Å²) < 4.78 is 27.5. The van der Waals surface area contributed by atoms with Crippen LogP contribution < -0.4 is 9.30 Å². The number of ether oxygens (including phenoxy) is 4. The Hall–Kier alpha value is -2.03. The van der Waals surface area contributed by atoms with Crippen LogP contribution >= 0.6 is 0 Å². The molecular weight excluding hydrogens is 516 g/mol. The van der Waals surface area contributed by atoms with Crippen molar-refractivity contribution in [2.75, 3.05) is 39.6 Å². The summed E-state index contributed by atoms with van der Waals surface area (Å²) in [4.78, 5) is 8.35. The van der Waals surface area contributed by atoms with Crippen LogP contribution in [0.1, 0.15) is 110 Å². The maximum Gasteiger partial charge on any atom is 0.316 e. The van der Waals surface area contributed by atoms with Gasteiger partial charge in [0.1, 0.15) is 25.0 Å². The van der Waals surface area contributed by atoms with E-state index in [0.717, 1.165) is 19.6 Å². The van der Waals surface area contributed by atoms with Crippen molar-refractivity contribution in [3.05, 3.63) is 37.2 Å². The summed E-state index contributed by atoms with van der Waals surface area (Å²) in [6.45, 7) is 6.43. The fraction of sp³-hybridized carbons (Fsp3) is 0.788. The number of hydrogen-bond donors (Lipinski definition) is 0. The van der Waals surface area contributed by atoms with E-state index in [0.29, 0.717) is 39.0 Å². The number of rotatable bonds is 29. The highest BCUT2D eigenvalue weighted by molar-refractivity contribution is 4.94. The molecule has 41 heavy (non-hydrogen) atoms. The second-order valence-corrected chi connectivity index (χ2v) is 11.2. The van der Waals surface area contributed by atoms with Gasteiger partial charge in [-0.3, -0.25) is 0 Å². The Labute approximate surface area is 250 Å². The molecule has 0 bridgehead atoms. The molecule has 0 saturated heterocycles. The second kappa shape index (κ2) is 25.7. The average molecular weight is 576 g/mol. The molecule has 2 heterocycles. The number of aryl methyl sites for hydroxylation is 1. The first-order valence-electron chi connectivity index (χ1n) is 16.5. The molecule has 8 nitrogen and oxygen atoms in total. The lowest BCUT2D eigenvalue weighted by Gasteiger charge is -2.18. The van der Waals surface area contributed by atoms with Crippen LogP contribution in [0.3, 0.4) is 0 Å². The van der Waals surface area contributed by atoms with E-state index in [1.165, 1.54) is 96.3 Å². The van der Waals surface area contributed by atoms with Crippen LogP contribution in [0.2, 0.25) is 0 Å². The Morgan fingerprint density at radius 3 is 1.78 bits per heavy atom. The molecule has 0 fully saturated rings. The molecule has 1 unspecified atom stereocenters. The molecule has 8 heteroatoms. The molecule has 0 amide bonds. The van der Waals surface area contributed by atoms with E-state index in [9.17, 15) is 0 Å². The van der Waals surface area contributed by atoms with Gasteiger partial charge in [-0.05, 0) is 12.5 Å². The fourth-order valence-corrected chi connectivity index (χ4v) is 4.82. The van der Waals surface area contributed by atoms with Crippen LogP contribution in [0.4, 0.5) is 0 Å². The van der Waals surface area contributed by atoms with E-state index in [-0.39, 0.29) is 6.10 Å². The highest BCUT2D eigenvalue weighted by Crippen LogP contribution is 2.14. The predicted octanol–water partition coefficient (Wildman–Crippen LogP) is 6.86. The highest BCUT2D eigenvalue weighted by atomic mass is 16.6. The molecule has 0 aliphatic carbocycles. The van der Waals surface area contributed by atoms with Crippen molar-refractivity contribution < 1.29 is 23.5 Å². The largest absolute Gasteiger partial charge is 0.455 e. The Morgan fingerprint density at radius 1 is 0.683 bits per heavy atom. The number of imidazole rings is 1. The Kier molecular flexibility index (Phi) is 22.0. The van der Waals surface area contributed by atoms with E-state index in [1.807, 2.05) is 30.3 Å². The van der Waals surface area contributed by atoms with Crippen LogP contribution in [-0.2, 0) is 27.8 Å². The van der Waals surface area contributed by atoms with Gasteiger partial charge in [0.2, 0.25) is 6.33 Å². The van der Waals surface area contributed by atoms with Gasteiger partial charge in [0.25, 0.3) is 0 Å². The van der Waals surface area contributed by atoms with Gasteiger partial charge in [0.15, 0.2) is 0 Å². The molecule has 0 aliphatic heterocycles. The minimum absolute atomic E-state index is 0.252. The second-order valence-electron chi connectivity index (χ2n) is 11.2. The lowest BCUT2D eigenvalue weighted by Crippen LogP contribution is -2.30. The van der Waals surface area contributed by atoms with Gasteiger partial charge in [-0.25, -0.2) is 19.1 Å². The van der Waals surface area contributed by atoms with Gasteiger partial charge < -0.3 is 18.9 Å². The van der Waals surface area contributed by atoms with E-state index < -0.39 is 0 Å². The SMILES string of the molecule is CCCCCCCCCCCCCCCCCCOCC(COCCOCCn1cc[n+](C)c1)Oc1ncccn1. The number of unbranched alkanes of at least 4 members (excludes halogenated alkanes) is 15. The first-order valence-corrected chi connectivity index (χ1v) is 16.5. The van der Waals surface area contributed by atoms with E-state index in [4.69, 9.17) is 18.9 Å². The number of hydrogen-bond acceptors (Lipinski definition) is 6. The third-order valence-electron chi connectivity index (χ3n) is 7.25. The van der Waals surface area contributed by atoms with Crippen LogP contribution in [0, 0.1) is 0 Å². The van der Waals surface area contributed by atoms with Gasteiger partial charge in [0, 0.05) is 19.0 Å². The summed E-state index contributed by atoms with van der Waals surface area (Å²) >= 11 is 0.